The number of hydrogen-bond donors (Lipinski definition) is 1. The molecule has 0 amide bonds. The summed E-state index contributed by atoms with van der Waals surface area (Å²) in [5.74, 6) is 1.09. The molecule has 19 heavy (non-hydrogen) atoms. The number of rotatable bonds is 5. The van der Waals surface area contributed by atoms with Crippen LogP contribution in [0.5, 0.6) is 0 Å². The number of sulfone groups is 1. The van der Waals surface area contributed by atoms with Crippen molar-refractivity contribution in [2.24, 2.45) is 5.41 Å². The summed E-state index contributed by atoms with van der Waals surface area (Å²) in [6, 6.07) is 0. The van der Waals surface area contributed by atoms with Crippen molar-refractivity contribution in [3.8, 4) is 0 Å². The van der Waals surface area contributed by atoms with E-state index in [9.17, 15) is 8.42 Å². The maximum absolute atomic E-state index is 11.4. The number of anilines is 1. The van der Waals surface area contributed by atoms with Gasteiger partial charge in [-0.05, 0) is 12.8 Å². The molecule has 1 saturated carbocycles. The first kappa shape index (κ1) is 14.7. The summed E-state index contributed by atoms with van der Waals surface area (Å²) < 4.78 is 27.1. The zero-order valence-electron chi connectivity index (χ0n) is 11.9. The molecule has 1 aliphatic rings. The molecule has 0 aromatic carbocycles. The van der Waals surface area contributed by atoms with Gasteiger partial charge in [-0.1, -0.05) is 20.8 Å². The van der Waals surface area contributed by atoms with Crippen LogP contribution in [0.3, 0.4) is 0 Å². The molecule has 0 spiro atoms. The lowest BCUT2D eigenvalue weighted by molar-refractivity contribution is 0.552. The molecule has 1 heterocycles. The second-order valence-electron chi connectivity index (χ2n) is 6.60. The highest BCUT2D eigenvalue weighted by Crippen LogP contribution is 2.46. The van der Waals surface area contributed by atoms with Crippen LogP contribution in [0.1, 0.15) is 39.4 Å². The van der Waals surface area contributed by atoms with Crippen molar-refractivity contribution >= 4 is 26.5 Å². The van der Waals surface area contributed by atoms with Crippen LogP contribution in [-0.4, -0.2) is 36.3 Å². The molecule has 0 unspecified atom stereocenters. The molecule has 0 aliphatic heterocycles. The van der Waals surface area contributed by atoms with Gasteiger partial charge in [0.05, 0.1) is 5.75 Å². The van der Waals surface area contributed by atoms with E-state index < -0.39 is 9.84 Å². The van der Waals surface area contributed by atoms with Gasteiger partial charge in [-0.2, -0.15) is 4.37 Å². The van der Waals surface area contributed by atoms with Crippen LogP contribution in [0, 0.1) is 5.41 Å². The SMILES string of the molecule is CC(C)(C)c1nsc(NCC2(CS(C)(=O)=O)CC2)n1. The molecule has 1 aromatic heterocycles. The highest BCUT2D eigenvalue weighted by molar-refractivity contribution is 7.90. The summed E-state index contributed by atoms with van der Waals surface area (Å²) in [5, 5.41) is 4.03. The molecule has 2 rings (SSSR count). The largest absolute Gasteiger partial charge is 0.360 e. The van der Waals surface area contributed by atoms with Crippen LogP contribution in [-0.2, 0) is 15.3 Å². The lowest BCUT2D eigenvalue weighted by Crippen LogP contribution is -2.24. The fourth-order valence-corrected chi connectivity index (χ4v) is 4.22. The van der Waals surface area contributed by atoms with Crippen LogP contribution < -0.4 is 5.32 Å². The fraction of sp³-hybridized carbons (Fsp3) is 0.833. The van der Waals surface area contributed by atoms with E-state index in [1.165, 1.54) is 17.8 Å². The summed E-state index contributed by atoms with van der Waals surface area (Å²) in [5.41, 5.74) is -0.137. The highest BCUT2D eigenvalue weighted by Gasteiger charge is 2.45. The monoisotopic (exact) mass is 303 g/mol. The number of hydrogen-bond acceptors (Lipinski definition) is 6. The van der Waals surface area contributed by atoms with Crippen LogP contribution in [0.2, 0.25) is 0 Å². The third kappa shape index (κ3) is 4.14. The van der Waals surface area contributed by atoms with Crippen LogP contribution in [0.25, 0.3) is 0 Å². The fourth-order valence-electron chi connectivity index (χ4n) is 1.97. The third-order valence-electron chi connectivity index (χ3n) is 3.24. The third-order valence-corrected chi connectivity index (χ3v) is 5.05. The minimum atomic E-state index is -2.91. The number of nitrogens with one attached hydrogen (secondary N) is 1. The van der Waals surface area contributed by atoms with Crippen molar-refractivity contribution in [2.45, 2.75) is 39.0 Å². The Bertz CT molecular complexity index is 554. The maximum atomic E-state index is 11.4. The zero-order valence-corrected chi connectivity index (χ0v) is 13.5. The van der Waals surface area contributed by atoms with Gasteiger partial charge in [0.2, 0.25) is 5.13 Å². The first-order chi connectivity index (χ1) is 8.60. The predicted molar refractivity (Wildman–Crippen MR) is 78.5 cm³/mol. The quantitative estimate of drug-likeness (QED) is 0.901. The molecule has 0 radical (unpaired) electrons. The van der Waals surface area contributed by atoms with Crippen molar-refractivity contribution in [1.82, 2.24) is 9.36 Å². The molecular weight excluding hydrogens is 282 g/mol. The summed E-state index contributed by atoms with van der Waals surface area (Å²) in [6.45, 7) is 6.89. The Morgan fingerprint density at radius 1 is 1.37 bits per heavy atom. The van der Waals surface area contributed by atoms with Gasteiger partial charge in [-0.15, -0.1) is 0 Å². The molecule has 7 heteroatoms. The zero-order chi connectivity index (χ0) is 14.3. The van der Waals surface area contributed by atoms with Gasteiger partial charge in [-0.3, -0.25) is 0 Å². The van der Waals surface area contributed by atoms with Crippen LogP contribution in [0.4, 0.5) is 5.13 Å². The minimum Gasteiger partial charge on any atom is -0.360 e. The van der Waals surface area contributed by atoms with E-state index in [0.717, 1.165) is 23.8 Å². The first-order valence-corrected chi connectivity index (χ1v) is 9.19. The van der Waals surface area contributed by atoms with Gasteiger partial charge in [0, 0.05) is 35.2 Å². The molecule has 5 nitrogen and oxygen atoms in total. The van der Waals surface area contributed by atoms with Crippen LogP contribution >= 0.6 is 11.5 Å². The Hall–Kier alpha value is -0.690. The normalized spacial score (nSPS) is 18.3. The Labute approximate surface area is 118 Å². The number of nitrogens with zero attached hydrogens (tertiary/aromatic N) is 2. The smallest absolute Gasteiger partial charge is 0.202 e. The van der Waals surface area contributed by atoms with Crippen LogP contribution in [0.15, 0.2) is 0 Å². The lowest BCUT2D eigenvalue weighted by atomic mass is 9.96. The van der Waals surface area contributed by atoms with E-state index >= 15 is 0 Å². The summed E-state index contributed by atoms with van der Waals surface area (Å²) in [6.07, 6.45) is 3.24. The Morgan fingerprint density at radius 2 is 2.00 bits per heavy atom. The van der Waals surface area contributed by atoms with Gasteiger partial charge in [-0.25, -0.2) is 13.4 Å². The Kier molecular flexibility index (Phi) is 3.64. The van der Waals surface area contributed by atoms with Gasteiger partial charge < -0.3 is 5.32 Å². The summed E-state index contributed by atoms with van der Waals surface area (Å²) in [4.78, 5) is 4.46. The van der Waals surface area contributed by atoms with Gasteiger partial charge >= 0.3 is 0 Å². The Balaban J connectivity index is 1.95. The van der Waals surface area contributed by atoms with E-state index in [0.29, 0.717) is 6.54 Å². The number of aromatic nitrogens is 2. The van der Waals surface area contributed by atoms with Gasteiger partial charge in [0.1, 0.15) is 15.7 Å². The molecule has 108 valence electrons. The summed E-state index contributed by atoms with van der Waals surface area (Å²) in [7, 11) is -2.91. The maximum Gasteiger partial charge on any atom is 0.202 e. The molecule has 1 N–H and O–H groups in total. The molecule has 0 atom stereocenters. The van der Waals surface area contributed by atoms with E-state index in [1.807, 2.05) is 0 Å². The van der Waals surface area contributed by atoms with E-state index in [-0.39, 0.29) is 16.6 Å². The molecule has 0 saturated heterocycles. The molecule has 1 fully saturated rings. The lowest BCUT2D eigenvalue weighted by Gasteiger charge is -2.14. The van der Waals surface area contributed by atoms with Crippen molar-refractivity contribution in [2.75, 3.05) is 23.9 Å². The molecule has 0 bridgehead atoms. The minimum absolute atomic E-state index is 0.0551. The van der Waals surface area contributed by atoms with Crippen molar-refractivity contribution in [1.29, 1.82) is 0 Å². The second-order valence-corrected chi connectivity index (χ2v) is 9.49. The average molecular weight is 303 g/mol. The molecular formula is C12H21N3O2S2. The predicted octanol–water partition coefficient (Wildman–Crippen LogP) is 2.07. The summed E-state index contributed by atoms with van der Waals surface area (Å²) >= 11 is 1.34. The average Bonchev–Trinajstić information content (AvgIpc) is 2.78. The van der Waals surface area contributed by atoms with Crippen molar-refractivity contribution < 1.29 is 8.42 Å². The van der Waals surface area contributed by atoms with Gasteiger partial charge in [0.15, 0.2) is 0 Å². The van der Waals surface area contributed by atoms with Gasteiger partial charge in [0.25, 0.3) is 0 Å². The van der Waals surface area contributed by atoms with Crippen molar-refractivity contribution in [3.63, 3.8) is 0 Å². The van der Waals surface area contributed by atoms with E-state index in [1.54, 1.807) is 0 Å². The topological polar surface area (TPSA) is 72.0 Å². The van der Waals surface area contributed by atoms with Crippen molar-refractivity contribution in [3.05, 3.63) is 5.82 Å². The highest BCUT2D eigenvalue weighted by atomic mass is 32.2. The standard InChI is InChI=1S/C12H21N3O2S2/c1-11(2,3)9-14-10(18-15-9)13-7-12(5-6-12)8-19(4,16)17/h5-8H2,1-4H3,(H,13,14,15). The van der Waals surface area contributed by atoms with E-state index in [4.69, 9.17) is 0 Å². The first-order valence-electron chi connectivity index (χ1n) is 6.36. The second kappa shape index (κ2) is 4.70. The Morgan fingerprint density at radius 3 is 2.42 bits per heavy atom. The molecule has 1 aliphatic carbocycles. The van der Waals surface area contributed by atoms with E-state index in [2.05, 4.69) is 35.4 Å². The molecule has 1 aromatic rings.